The zero-order chi connectivity index (χ0) is 13.9. The predicted octanol–water partition coefficient (Wildman–Crippen LogP) is 2.97. The fourth-order valence-corrected chi connectivity index (χ4v) is 1.72. The first-order valence-electron chi connectivity index (χ1n) is 4.55. The van der Waals surface area contributed by atoms with E-state index in [1.165, 1.54) is 6.07 Å². The zero-order valence-corrected chi connectivity index (χ0v) is 10.3. The highest BCUT2D eigenvalue weighted by molar-refractivity contribution is 9.09. The predicted molar refractivity (Wildman–Crippen MR) is 59.7 cm³/mol. The van der Waals surface area contributed by atoms with E-state index in [-0.39, 0.29) is 17.2 Å². The summed E-state index contributed by atoms with van der Waals surface area (Å²) in [4.78, 5) is 22.2. The van der Waals surface area contributed by atoms with E-state index < -0.39 is 28.6 Å². The van der Waals surface area contributed by atoms with Gasteiger partial charge in [-0.05, 0) is 12.1 Å². The number of nitriles is 1. The molecule has 0 saturated carbocycles. The minimum absolute atomic E-state index is 0.0631. The number of hydrogen-bond acceptors (Lipinski definition) is 3. The summed E-state index contributed by atoms with van der Waals surface area (Å²) in [5.41, 5.74) is -2.79. The van der Waals surface area contributed by atoms with Crippen molar-refractivity contribution in [3.63, 3.8) is 0 Å². The van der Waals surface area contributed by atoms with Crippen molar-refractivity contribution >= 4 is 28.0 Å². The van der Waals surface area contributed by atoms with Crippen molar-refractivity contribution < 1.29 is 22.8 Å². The van der Waals surface area contributed by atoms with E-state index in [0.29, 0.717) is 6.07 Å². The van der Waals surface area contributed by atoms with Gasteiger partial charge in [0.25, 0.3) is 0 Å². The molecule has 0 aliphatic heterocycles. The number of Topliss-reactive ketones (excluding diaryl/α,β-unsaturated/α-hetero) is 1. The van der Waals surface area contributed by atoms with Crippen LogP contribution in [0.5, 0.6) is 0 Å². The Morgan fingerprint density at radius 1 is 1.44 bits per heavy atom. The smallest absolute Gasteiger partial charge is 0.298 e. The van der Waals surface area contributed by atoms with Gasteiger partial charge in [0.15, 0.2) is 12.1 Å². The third-order valence-corrected chi connectivity index (χ3v) is 2.71. The number of alkyl halides is 4. The van der Waals surface area contributed by atoms with Gasteiger partial charge < -0.3 is 0 Å². The fourth-order valence-electron chi connectivity index (χ4n) is 1.41. The third kappa shape index (κ3) is 2.59. The first kappa shape index (κ1) is 14.4. The summed E-state index contributed by atoms with van der Waals surface area (Å²) in [5, 5.41) is 8.67. The number of ketones is 1. The number of nitrogens with zero attached hydrogens (tertiary/aromatic N) is 1. The normalized spacial score (nSPS) is 10.8. The van der Waals surface area contributed by atoms with Crippen LogP contribution in [0.4, 0.5) is 13.2 Å². The van der Waals surface area contributed by atoms with Crippen LogP contribution in [-0.4, -0.2) is 17.4 Å². The molecule has 1 rings (SSSR count). The molecule has 0 bridgehead atoms. The number of carbonyl (C=O) groups is 2. The first-order valence-corrected chi connectivity index (χ1v) is 5.67. The highest BCUT2D eigenvalue weighted by atomic mass is 79.9. The van der Waals surface area contributed by atoms with E-state index in [2.05, 4.69) is 15.9 Å². The second-order valence-electron chi connectivity index (χ2n) is 3.23. The van der Waals surface area contributed by atoms with E-state index in [1.807, 2.05) is 0 Å². The molecule has 0 radical (unpaired) electrons. The molecule has 1 aromatic carbocycles. The van der Waals surface area contributed by atoms with Crippen LogP contribution < -0.4 is 0 Å². The third-order valence-electron chi connectivity index (χ3n) is 2.20. The van der Waals surface area contributed by atoms with Crippen LogP contribution in [0, 0.1) is 11.3 Å². The van der Waals surface area contributed by atoms with Crippen LogP contribution in [-0.2, 0) is 6.18 Å². The van der Waals surface area contributed by atoms with Gasteiger partial charge in [0, 0.05) is 11.1 Å². The van der Waals surface area contributed by atoms with Crippen LogP contribution in [0.1, 0.15) is 31.8 Å². The van der Waals surface area contributed by atoms with Gasteiger partial charge in [-0.2, -0.15) is 18.4 Å². The molecule has 94 valence electrons. The molecule has 0 heterocycles. The van der Waals surface area contributed by atoms with Gasteiger partial charge in [-0.15, -0.1) is 0 Å². The molecule has 0 unspecified atom stereocenters. The van der Waals surface area contributed by atoms with Crippen molar-refractivity contribution in [3.8, 4) is 6.07 Å². The summed E-state index contributed by atoms with van der Waals surface area (Å²) in [6.07, 6.45) is -4.82. The molecular formula is C11H5BrF3NO2. The Hall–Kier alpha value is -1.68. The molecule has 1 aromatic rings. The minimum Gasteiger partial charge on any atom is -0.298 e. The Morgan fingerprint density at radius 2 is 2.06 bits per heavy atom. The van der Waals surface area contributed by atoms with Crippen LogP contribution in [0.2, 0.25) is 0 Å². The van der Waals surface area contributed by atoms with Crippen molar-refractivity contribution in [2.45, 2.75) is 6.18 Å². The Labute approximate surface area is 108 Å². The lowest BCUT2D eigenvalue weighted by molar-refractivity contribution is -0.137. The molecule has 0 fully saturated rings. The van der Waals surface area contributed by atoms with Crippen LogP contribution in [0.25, 0.3) is 0 Å². The van der Waals surface area contributed by atoms with Crippen molar-refractivity contribution in [2.24, 2.45) is 0 Å². The van der Waals surface area contributed by atoms with Gasteiger partial charge in [0.05, 0.1) is 16.5 Å². The molecule has 18 heavy (non-hydrogen) atoms. The molecule has 0 amide bonds. The molecular weight excluding hydrogens is 315 g/mol. The van der Waals surface area contributed by atoms with Gasteiger partial charge in [0.1, 0.15) is 6.07 Å². The Bertz CT molecular complexity index is 546. The molecule has 7 heteroatoms. The number of carbonyl (C=O) groups excluding carboxylic acids is 2. The van der Waals surface area contributed by atoms with Gasteiger partial charge in [-0.3, -0.25) is 9.59 Å². The number of benzene rings is 1. The number of aldehydes is 1. The van der Waals surface area contributed by atoms with Crippen molar-refractivity contribution in [1.82, 2.24) is 0 Å². The SMILES string of the molecule is N#Cc1c(C(=O)CBr)ccc(C(F)(F)F)c1C=O. The average molecular weight is 320 g/mol. The van der Waals surface area contributed by atoms with Gasteiger partial charge in [-0.25, -0.2) is 0 Å². The van der Waals surface area contributed by atoms with Gasteiger partial charge >= 0.3 is 6.18 Å². The van der Waals surface area contributed by atoms with Crippen LogP contribution in [0.3, 0.4) is 0 Å². The molecule has 0 N–H and O–H groups in total. The summed E-state index contributed by atoms with van der Waals surface area (Å²) in [6, 6.07) is 3.00. The van der Waals surface area contributed by atoms with Crippen LogP contribution >= 0.6 is 15.9 Å². The van der Waals surface area contributed by atoms with E-state index in [4.69, 9.17) is 5.26 Å². The van der Waals surface area contributed by atoms with E-state index >= 15 is 0 Å². The largest absolute Gasteiger partial charge is 0.417 e. The highest BCUT2D eigenvalue weighted by Gasteiger charge is 2.35. The monoisotopic (exact) mass is 319 g/mol. The standard InChI is InChI=1S/C11H5BrF3NO2/c12-3-10(18)6-1-2-9(11(13,14)15)8(5-17)7(6)4-16/h1-2,5H,3H2. The molecule has 0 saturated heterocycles. The van der Waals surface area contributed by atoms with Crippen molar-refractivity contribution in [2.75, 3.05) is 5.33 Å². The fraction of sp³-hybridized carbons (Fsp3) is 0.182. The topological polar surface area (TPSA) is 57.9 Å². The van der Waals surface area contributed by atoms with Crippen LogP contribution in [0.15, 0.2) is 12.1 Å². The molecule has 3 nitrogen and oxygen atoms in total. The second kappa shape index (κ2) is 5.31. The van der Waals surface area contributed by atoms with Crippen molar-refractivity contribution in [3.05, 3.63) is 34.4 Å². The number of halogens is 4. The Balaban J connectivity index is 3.63. The number of rotatable bonds is 3. The highest BCUT2D eigenvalue weighted by Crippen LogP contribution is 2.33. The van der Waals surface area contributed by atoms with Gasteiger partial charge in [-0.1, -0.05) is 15.9 Å². The summed E-state index contributed by atoms with van der Waals surface area (Å²) < 4.78 is 37.8. The number of hydrogen-bond donors (Lipinski definition) is 0. The van der Waals surface area contributed by atoms with E-state index in [0.717, 1.165) is 6.07 Å². The summed E-state index contributed by atoms with van der Waals surface area (Å²) in [5.74, 6) is -0.566. The lowest BCUT2D eigenvalue weighted by Gasteiger charge is -2.12. The molecule has 0 aromatic heterocycles. The molecule has 0 aliphatic carbocycles. The maximum Gasteiger partial charge on any atom is 0.417 e. The lowest BCUT2D eigenvalue weighted by atomic mass is 9.95. The first-order chi connectivity index (χ1) is 8.36. The lowest BCUT2D eigenvalue weighted by Crippen LogP contribution is -2.14. The summed E-state index contributed by atoms with van der Waals surface area (Å²) >= 11 is 2.85. The van der Waals surface area contributed by atoms with E-state index in [9.17, 15) is 22.8 Å². The van der Waals surface area contributed by atoms with Crippen molar-refractivity contribution in [1.29, 1.82) is 5.26 Å². The summed E-state index contributed by atoms with van der Waals surface area (Å²) in [6.45, 7) is 0. The Morgan fingerprint density at radius 3 is 2.44 bits per heavy atom. The maximum absolute atomic E-state index is 12.6. The Kier molecular flexibility index (Phi) is 4.24. The molecule has 0 spiro atoms. The molecule has 0 aliphatic rings. The summed E-state index contributed by atoms with van der Waals surface area (Å²) in [7, 11) is 0. The molecule has 0 atom stereocenters. The van der Waals surface area contributed by atoms with E-state index in [1.54, 1.807) is 0 Å². The second-order valence-corrected chi connectivity index (χ2v) is 3.79. The average Bonchev–Trinajstić information content (AvgIpc) is 2.34. The minimum atomic E-state index is -4.75. The van der Waals surface area contributed by atoms with Gasteiger partial charge in [0.2, 0.25) is 0 Å². The quantitative estimate of drug-likeness (QED) is 0.489. The maximum atomic E-state index is 12.6. The zero-order valence-electron chi connectivity index (χ0n) is 8.71.